The summed E-state index contributed by atoms with van der Waals surface area (Å²) in [5, 5.41) is 19.6. The fourth-order valence-corrected chi connectivity index (χ4v) is 3.01. The number of carboxylic acid groups (broad SMARTS) is 1. The van der Waals surface area contributed by atoms with E-state index in [0.717, 1.165) is 5.56 Å². The number of aliphatic carboxylic acids is 1. The van der Waals surface area contributed by atoms with Crippen LogP contribution in [0.15, 0.2) is 34.9 Å². The molecule has 1 saturated heterocycles. The predicted molar refractivity (Wildman–Crippen MR) is 93.7 cm³/mol. The molecule has 8 heteroatoms. The van der Waals surface area contributed by atoms with Crippen LogP contribution in [0, 0.1) is 0 Å². The molecule has 2 N–H and O–H groups in total. The van der Waals surface area contributed by atoms with Gasteiger partial charge >= 0.3 is 5.97 Å². The Labute approximate surface area is 155 Å². The number of aliphatic hydroxyl groups is 1. The van der Waals surface area contributed by atoms with Gasteiger partial charge in [-0.2, -0.15) is 0 Å². The first-order valence-electron chi connectivity index (χ1n) is 8.31. The lowest BCUT2D eigenvalue weighted by Gasteiger charge is -2.35. The van der Waals surface area contributed by atoms with E-state index in [1.54, 1.807) is 23.2 Å². The van der Waals surface area contributed by atoms with Crippen LogP contribution in [0.25, 0.3) is 11.3 Å². The van der Waals surface area contributed by atoms with Gasteiger partial charge in [-0.25, -0.2) is 9.78 Å². The molecule has 138 valence electrons. The third-order valence-corrected chi connectivity index (χ3v) is 4.83. The number of nitrogens with zero attached hydrogens (tertiary/aromatic N) is 2. The Morgan fingerprint density at radius 1 is 1.23 bits per heavy atom. The van der Waals surface area contributed by atoms with Gasteiger partial charge in [-0.3, -0.25) is 4.79 Å². The molecule has 7 nitrogen and oxygen atoms in total. The van der Waals surface area contributed by atoms with Crippen LogP contribution in [-0.2, 0) is 16.0 Å². The van der Waals surface area contributed by atoms with Crippen molar-refractivity contribution in [3.8, 4) is 11.3 Å². The summed E-state index contributed by atoms with van der Waals surface area (Å²) in [5.41, 5.74) is -0.879. The van der Waals surface area contributed by atoms with E-state index < -0.39 is 11.6 Å². The molecule has 26 heavy (non-hydrogen) atoms. The molecule has 1 fully saturated rings. The molecular weight excluding hydrogens is 360 g/mol. The summed E-state index contributed by atoms with van der Waals surface area (Å²) in [6.07, 6.45) is 2.25. The number of amides is 1. The van der Waals surface area contributed by atoms with Gasteiger partial charge < -0.3 is 19.5 Å². The molecule has 0 aliphatic carbocycles. The number of hydrogen-bond donors (Lipinski definition) is 2. The van der Waals surface area contributed by atoms with Crippen molar-refractivity contribution < 1.29 is 24.2 Å². The molecule has 2 aromatic rings. The maximum atomic E-state index is 12.3. The van der Waals surface area contributed by atoms with E-state index in [2.05, 4.69) is 4.98 Å². The van der Waals surface area contributed by atoms with E-state index in [4.69, 9.17) is 21.1 Å². The van der Waals surface area contributed by atoms with Crippen molar-refractivity contribution in [2.75, 3.05) is 13.1 Å². The van der Waals surface area contributed by atoms with E-state index in [1.165, 1.54) is 0 Å². The lowest BCUT2D eigenvalue weighted by atomic mass is 9.91. The van der Waals surface area contributed by atoms with E-state index in [9.17, 15) is 14.7 Å². The number of carbonyl (C=O) groups is 2. The minimum atomic E-state index is -1.73. The summed E-state index contributed by atoms with van der Waals surface area (Å²) >= 11 is 5.86. The van der Waals surface area contributed by atoms with E-state index in [-0.39, 0.29) is 38.3 Å². The van der Waals surface area contributed by atoms with Gasteiger partial charge in [0.25, 0.3) is 0 Å². The average molecular weight is 379 g/mol. The number of aryl methyl sites for hydroxylation is 1. The maximum absolute atomic E-state index is 12.3. The summed E-state index contributed by atoms with van der Waals surface area (Å²) in [6, 6.07) is 7.18. The van der Waals surface area contributed by atoms with E-state index in [0.29, 0.717) is 23.1 Å². The van der Waals surface area contributed by atoms with Crippen molar-refractivity contribution in [2.45, 2.75) is 31.3 Å². The zero-order valence-electron chi connectivity index (χ0n) is 14.0. The van der Waals surface area contributed by atoms with Crippen LogP contribution in [0.3, 0.4) is 0 Å². The Kier molecular flexibility index (Phi) is 5.29. The molecule has 1 aliphatic rings. The Bertz CT molecular complexity index is 794. The SMILES string of the molecule is O=C(CCc1ncc(-c2ccc(Cl)cc2)o1)N1CCC(O)(C(=O)O)CC1. The number of hydrogen-bond acceptors (Lipinski definition) is 5. The quantitative estimate of drug-likeness (QED) is 0.827. The molecule has 1 aromatic heterocycles. The van der Waals surface area contributed by atoms with Crippen molar-refractivity contribution in [1.29, 1.82) is 0 Å². The molecule has 2 heterocycles. The summed E-state index contributed by atoms with van der Waals surface area (Å²) in [5.74, 6) is -0.279. The van der Waals surface area contributed by atoms with Gasteiger partial charge in [0.2, 0.25) is 5.91 Å². The van der Waals surface area contributed by atoms with Gasteiger partial charge in [-0.15, -0.1) is 0 Å². The number of benzene rings is 1. The average Bonchev–Trinajstić information content (AvgIpc) is 3.10. The Balaban J connectivity index is 1.53. The summed E-state index contributed by atoms with van der Waals surface area (Å²) in [6.45, 7) is 0.451. The first-order valence-corrected chi connectivity index (χ1v) is 8.69. The highest BCUT2D eigenvalue weighted by Gasteiger charge is 2.40. The normalized spacial score (nSPS) is 16.5. The van der Waals surface area contributed by atoms with Gasteiger partial charge in [0.15, 0.2) is 17.3 Å². The van der Waals surface area contributed by atoms with Gasteiger partial charge in [0.1, 0.15) is 0 Å². The van der Waals surface area contributed by atoms with Crippen LogP contribution < -0.4 is 0 Å². The topological polar surface area (TPSA) is 104 Å². The number of halogens is 1. The molecule has 3 rings (SSSR count). The van der Waals surface area contributed by atoms with Crippen LogP contribution >= 0.6 is 11.6 Å². The highest BCUT2D eigenvalue weighted by molar-refractivity contribution is 6.30. The maximum Gasteiger partial charge on any atom is 0.335 e. The number of oxazole rings is 1. The van der Waals surface area contributed by atoms with Gasteiger partial charge in [0, 0.05) is 49.4 Å². The third kappa shape index (κ3) is 4.05. The third-order valence-electron chi connectivity index (χ3n) is 4.58. The highest BCUT2D eigenvalue weighted by Crippen LogP contribution is 2.24. The van der Waals surface area contributed by atoms with Crippen molar-refractivity contribution in [3.05, 3.63) is 41.4 Å². The lowest BCUT2D eigenvalue weighted by molar-refractivity contribution is -0.165. The summed E-state index contributed by atoms with van der Waals surface area (Å²) < 4.78 is 5.67. The van der Waals surface area contributed by atoms with Gasteiger partial charge in [-0.1, -0.05) is 11.6 Å². The lowest BCUT2D eigenvalue weighted by Crippen LogP contribution is -2.50. The zero-order valence-corrected chi connectivity index (χ0v) is 14.8. The van der Waals surface area contributed by atoms with Crippen molar-refractivity contribution in [3.63, 3.8) is 0 Å². The van der Waals surface area contributed by atoms with Crippen molar-refractivity contribution in [2.24, 2.45) is 0 Å². The van der Waals surface area contributed by atoms with Gasteiger partial charge in [-0.05, 0) is 24.3 Å². The molecule has 0 atom stereocenters. The second-order valence-electron chi connectivity index (χ2n) is 6.34. The number of carbonyl (C=O) groups excluding carboxylic acids is 1. The Morgan fingerprint density at radius 3 is 2.50 bits per heavy atom. The van der Waals surface area contributed by atoms with Crippen LogP contribution in [0.5, 0.6) is 0 Å². The van der Waals surface area contributed by atoms with Crippen molar-refractivity contribution in [1.82, 2.24) is 9.88 Å². The summed E-state index contributed by atoms with van der Waals surface area (Å²) in [4.78, 5) is 29.1. The minimum Gasteiger partial charge on any atom is -0.479 e. The monoisotopic (exact) mass is 378 g/mol. The van der Waals surface area contributed by atoms with Crippen LogP contribution in [0.2, 0.25) is 5.02 Å². The van der Waals surface area contributed by atoms with Crippen molar-refractivity contribution >= 4 is 23.5 Å². The largest absolute Gasteiger partial charge is 0.479 e. The van der Waals surface area contributed by atoms with E-state index in [1.807, 2.05) is 12.1 Å². The minimum absolute atomic E-state index is 0.0355. The molecule has 0 saturated carbocycles. The molecule has 1 aliphatic heterocycles. The Morgan fingerprint density at radius 2 is 1.88 bits per heavy atom. The first kappa shape index (κ1) is 18.4. The number of rotatable bonds is 5. The molecular formula is C18H19ClN2O5. The van der Waals surface area contributed by atoms with Crippen LogP contribution in [0.1, 0.15) is 25.2 Å². The molecule has 1 aromatic carbocycles. The van der Waals surface area contributed by atoms with Crippen LogP contribution in [-0.4, -0.2) is 50.7 Å². The number of carboxylic acids is 1. The molecule has 0 radical (unpaired) electrons. The van der Waals surface area contributed by atoms with Gasteiger partial charge in [0.05, 0.1) is 6.20 Å². The molecule has 0 bridgehead atoms. The number of likely N-dealkylation sites (tertiary alicyclic amines) is 1. The molecule has 0 spiro atoms. The molecule has 0 unspecified atom stereocenters. The standard InChI is InChI=1S/C18H19ClN2O5/c19-13-3-1-12(2-4-13)14-11-20-15(26-14)5-6-16(22)21-9-7-18(25,8-10-21)17(23)24/h1-4,11,25H,5-10H2,(H,23,24). The second-order valence-corrected chi connectivity index (χ2v) is 6.78. The molecule has 1 amide bonds. The zero-order chi connectivity index (χ0) is 18.7. The number of piperidine rings is 1. The Hall–Kier alpha value is -2.38. The highest BCUT2D eigenvalue weighted by atomic mass is 35.5. The summed E-state index contributed by atoms with van der Waals surface area (Å²) in [7, 11) is 0. The smallest absolute Gasteiger partial charge is 0.335 e. The fourth-order valence-electron chi connectivity index (χ4n) is 2.89. The van der Waals surface area contributed by atoms with Crippen LogP contribution in [0.4, 0.5) is 0 Å². The second kappa shape index (κ2) is 7.47. The number of aromatic nitrogens is 1. The fraction of sp³-hybridized carbons (Fsp3) is 0.389. The van der Waals surface area contributed by atoms with E-state index >= 15 is 0 Å². The first-order chi connectivity index (χ1) is 12.4. The predicted octanol–water partition coefficient (Wildman–Crippen LogP) is 2.37.